The van der Waals surface area contributed by atoms with E-state index in [1.54, 1.807) is 10.8 Å². The van der Waals surface area contributed by atoms with Crippen LogP contribution >= 0.6 is 0 Å². The van der Waals surface area contributed by atoms with Gasteiger partial charge in [0.05, 0.1) is 16.6 Å². The zero-order valence-electron chi connectivity index (χ0n) is 12.1. The lowest BCUT2D eigenvalue weighted by atomic mass is 10.1. The maximum absolute atomic E-state index is 12.6. The monoisotopic (exact) mass is 289 g/mol. The van der Waals surface area contributed by atoms with Gasteiger partial charge in [0.15, 0.2) is 0 Å². The first-order valence-electron chi connectivity index (χ1n) is 7.34. The second-order valence-electron chi connectivity index (χ2n) is 5.62. The van der Waals surface area contributed by atoms with Crippen LogP contribution < -0.4 is 5.56 Å². The number of hydrogen-bond donors (Lipinski definition) is 0. The average molecular weight is 289 g/mol. The number of aromatic nitrogens is 3. The number of fused-ring (bicyclic) bond motifs is 2. The summed E-state index contributed by atoms with van der Waals surface area (Å²) in [5.41, 5.74) is 3.71. The highest BCUT2D eigenvalue weighted by Gasteiger charge is 2.16. The van der Waals surface area contributed by atoms with Crippen LogP contribution in [0.2, 0.25) is 0 Å². The van der Waals surface area contributed by atoms with Crippen LogP contribution in [-0.2, 0) is 13.0 Å². The van der Waals surface area contributed by atoms with Gasteiger partial charge in [0, 0.05) is 24.7 Å². The molecule has 4 rings (SSSR count). The van der Waals surface area contributed by atoms with Crippen molar-refractivity contribution in [2.24, 2.45) is 0 Å². The van der Waals surface area contributed by atoms with Gasteiger partial charge in [-0.15, -0.1) is 0 Å². The van der Waals surface area contributed by atoms with E-state index in [1.807, 2.05) is 36.4 Å². The summed E-state index contributed by atoms with van der Waals surface area (Å²) in [5.74, 6) is 0.850. The van der Waals surface area contributed by atoms with E-state index < -0.39 is 0 Å². The molecule has 1 aliphatic rings. The summed E-state index contributed by atoms with van der Waals surface area (Å²) in [6.07, 6.45) is 3.44. The molecule has 0 atom stereocenters. The highest BCUT2D eigenvalue weighted by Crippen LogP contribution is 2.22. The van der Waals surface area contributed by atoms with Crippen molar-refractivity contribution in [1.82, 2.24) is 14.5 Å². The van der Waals surface area contributed by atoms with E-state index in [9.17, 15) is 4.79 Å². The molecule has 0 bridgehead atoms. The van der Waals surface area contributed by atoms with Crippen molar-refractivity contribution in [1.29, 1.82) is 0 Å². The minimum absolute atomic E-state index is 0.0217. The molecule has 4 nitrogen and oxygen atoms in total. The molecule has 3 aromatic rings. The van der Waals surface area contributed by atoms with E-state index >= 15 is 0 Å². The van der Waals surface area contributed by atoms with Crippen molar-refractivity contribution >= 4 is 10.9 Å². The van der Waals surface area contributed by atoms with Crippen LogP contribution in [0.15, 0.2) is 59.5 Å². The van der Waals surface area contributed by atoms with Crippen LogP contribution in [-0.4, -0.2) is 14.5 Å². The smallest absolute Gasteiger partial charge is 0.261 e. The molecular weight excluding hydrogens is 274 g/mol. The molecule has 0 amide bonds. The lowest BCUT2D eigenvalue weighted by molar-refractivity contribution is 0.598. The van der Waals surface area contributed by atoms with Gasteiger partial charge in [0.25, 0.3) is 5.56 Å². The van der Waals surface area contributed by atoms with Crippen LogP contribution in [0.4, 0.5) is 0 Å². The molecule has 108 valence electrons. The third-order valence-electron chi connectivity index (χ3n) is 4.08. The number of allylic oxidation sites excluding steroid dienone is 1. The zero-order chi connectivity index (χ0) is 15.1. The van der Waals surface area contributed by atoms with Crippen molar-refractivity contribution in [3.05, 3.63) is 70.9 Å². The fourth-order valence-corrected chi connectivity index (χ4v) is 2.91. The standard InChI is InChI=1S/C18H15N3O/c1-12-5-8-17-20-16-10-13(15-4-2-3-9-19-15)6-7-14(16)18(22)21(17)11-12/h2-4,6-7,9-10H,1,5,8,11H2. The highest BCUT2D eigenvalue weighted by molar-refractivity contribution is 5.83. The third-order valence-corrected chi connectivity index (χ3v) is 4.08. The van der Waals surface area contributed by atoms with Gasteiger partial charge in [-0.2, -0.15) is 0 Å². The van der Waals surface area contributed by atoms with Gasteiger partial charge in [-0.1, -0.05) is 24.3 Å². The quantitative estimate of drug-likeness (QED) is 0.647. The van der Waals surface area contributed by atoms with Crippen molar-refractivity contribution in [3.8, 4) is 11.3 Å². The first kappa shape index (κ1) is 13.0. The third kappa shape index (κ3) is 2.04. The lowest BCUT2D eigenvalue weighted by Gasteiger charge is -2.19. The zero-order valence-corrected chi connectivity index (χ0v) is 12.1. The average Bonchev–Trinajstić information content (AvgIpc) is 2.56. The summed E-state index contributed by atoms with van der Waals surface area (Å²) in [6.45, 7) is 4.57. The van der Waals surface area contributed by atoms with Gasteiger partial charge in [-0.3, -0.25) is 14.3 Å². The number of aryl methyl sites for hydroxylation is 1. The molecule has 1 aromatic carbocycles. The predicted molar refractivity (Wildman–Crippen MR) is 86.7 cm³/mol. The first-order valence-corrected chi connectivity index (χ1v) is 7.34. The minimum Gasteiger partial charge on any atom is -0.292 e. The molecule has 0 unspecified atom stereocenters. The fraction of sp³-hybridized carbons (Fsp3) is 0.167. The Balaban J connectivity index is 1.93. The van der Waals surface area contributed by atoms with Gasteiger partial charge < -0.3 is 0 Å². The van der Waals surface area contributed by atoms with Crippen LogP contribution in [0, 0.1) is 0 Å². The highest BCUT2D eigenvalue weighted by atomic mass is 16.1. The number of hydrogen-bond acceptors (Lipinski definition) is 3. The fourth-order valence-electron chi connectivity index (χ4n) is 2.91. The largest absolute Gasteiger partial charge is 0.292 e. The van der Waals surface area contributed by atoms with E-state index in [0.29, 0.717) is 11.9 Å². The molecule has 0 aliphatic carbocycles. The van der Waals surface area contributed by atoms with Gasteiger partial charge in [-0.25, -0.2) is 4.98 Å². The van der Waals surface area contributed by atoms with Gasteiger partial charge in [0.2, 0.25) is 0 Å². The Morgan fingerprint density at radius 1 is 1.14 bits per heavy atom. The van der Waals surface area contributed by atoms with E-state index in [2.05, 4.69) is 11.6 Å². The second kappa shape index (κ2) is 4.91. The van der Waals surface area contributed by atoms with Crippen molar-refractivity contribution in [2.75, 3.05) is 0 Å². The molecule has 2 aromatic heterocycles. The summed E-state index contributed by atoms with van der Waals surface area (Å²) in [4.78, 5) is 21.7. The van der Waals surface area contributed by atoms with E-state index in [1.165, 1.54) is 0 Å². The van der Waals surface area contributed by atoms with E-state index in [0.717, 1.165) is 41.0 Å². The molecule has 1 aliphatic heterocycles. The minimum atomic E-state index is 0.0217. The topological polar surface area (TPSA) is 47.8 Å². The van der Waals surface area contributed by atoms with E-state index in [4.69, 9.17) is 4.98 Å². The lowest BCUT2D eigenvalue weighted by Crippen LogP contribution is -2.29. The molecule has 0 radical (unpaired) electrons. The van der Waals surface area contributed by atoms with Crippen LogP contribution in [0.5, 0.6) is 0 Å². The Kier molecular flexibility index (Phi) is 2.89. The molecular formula is C18H15N3O. The first-order chi connectivity index (χ1) is 10.7. The Morgan fingerprint density at radius 3 is 2.86 bits per heavy atom. The van der Waals surface area contributed by atoms with Crippen molar-refractivity contribution in [2.45, 2.75) is 19.4 Å². The Hall–Kier alpha value is -2.75. The van der Waals surface area contributed by atoms with Crippen LogP contribution in [0.3, 0.4) is 0 Å². The molecule has 0 spiro atoms. The summed E-state index contributed by atoms with van der Waals surface area (Å²) >= 11 is 0. The SMILES string of the molecule is C=C1CCc2nc3cc(-c4ccccn4)ccc3c(=O)n2C1. The van der Waals surface area contributed by atoms with E-state index in [-0.39, 0.29) is 5.56 Å². The summed E-state index contributed by atoms with van der Waals surface area (Å²) in [6, 6.07) is 11.5. The molecule has 0 saturated heterocycles. The summed E-state index contributed by atoms with van der Waals surface area (Å²) < 4.78 is 1.74. The molecule has 22 heavy (non-hydrogen) atoms. The normalized spacial score (nSPS) is 14.1. The Morgan fingerprint density at radius 2 is 2.05 bits per heavy atom. The molecule has 0 saturated carbocycles. The molecule has 4 heteroatoms. The maximum atomic E-state index is 12.6. The number of pyridine rings is 1. The molecule has 0 N–H and O–H groups in total. The Labute approximate surface area is 127 Å². The summed E-state index contributed by atoms with van der Waals surface area (Å²) in [5, 5.41) is 0.651. The predicted octanol–water partition coefficient (Wildman–Crippen LogP) is 2.96. The van der Waals surface area contributed by atoms with Crippen molar-refractivity contribution < 1.29 is 0 Å². The number of rotatable bonds is 1. The van der Waals surface area contributed by atoms with Gasteiger partial charge >= 0.3 is 0 Å². The Bertz CT molecular complexity index is 942. The summed E-state index contributed by atoms with van der Waals surface area (Å²) in [7, 11) is 0. The van der Waals surface area contributed by atoms with Crippen molar-refractivity contribution in [3.63, 3.8) is 0 Å². The van der Waals surface area contributed by atoms with Crippen LogP contribution in [0.25, 0.3) is 22.2 Å². The second-order valence-corrected chi connectivity index (χ2v) is 5.62. The molecule has 3 heterocycles. The van der Waals surface area contributed by atoms with Crippen LogP contribution in [0.1, 0.15) is 12.2 Å². The van der Waals surface area contributed by atoms with Gasteiger partial charge in [0.1, 0.15) is 5.82 Å². The maximum Gasteiger partial charge on any atom is 0.261 e. The van der Waals surface area contributed by atoms with Gasteiger partial charge in [-0.05, 0) is 30.7 Å². The molecule has 0 fully saturated rings. The number of nitrogens with zero attached hydrogens (tertiary/aromatic N) is 3. The number of benzene rings is 1.